The van der Waals surface area contributed by atoms with Gasteiger partial charge >= 0.3 is 0 Å². The predicted molar refractivity (Wildman–Crippen MR) is 248 cm³/mol. The van der Waals surface area contributed by atoms with Crippen molar-refractivity contribution in [3.8, 4) is 50.2 Å². The lowest BCUT2D eigenvalue weighted by atomic mass is 9.99. The van der Waals surface area contributed by atoms with Crippen LogP contribution in [0.4, 0.5) is 17.1 Å². The predicted octanol–water partition coefficient (Wildman–Crippen LogP) is 14.9. The van der Waals surface area contributed by atoms with Gasteiger partial charge in [0.05, 0.1) is 28.4 Å². The number of rotatable bonds is 8. The fraction of sp³-hybridized carbons (Fsp3) is 0. The van der Waals surface area contributed by atoms with Crippen LogP contribution in [0.15, 0.2) is 218 Å². The lowest BCUT2D eigenvalue weighted by molar-refractivity contribution is 1.18. The van der Waals surface area contributed by atoms with Crippen molar-refractivity contribution in [2.75, 3.05) is 4.90 Å². The van der Waals surface area contributed by atoms with Crippen LogP contribution in [-0.4, -0.2) is 13.3 Å². The van der Waals surface area contributed by atoms with Gasteiger partial charge in [-0.25, -0.2) is 0 Å². The number of hydrogen-bond donors (Lipinski definition) is 0. The normalized spacial score (nSPS) is 11.4. The number of fused-ring (bicyclic) bond motifs is 4. The van der Waals surface area contributed by atoms with Crippen LogP contribution in [-0.2, 0) is 0 Å². The number of nitrogens with zero attached hydrogens (tertiary/aromatic N) is 4. The van der Waals surface area contributed by atoms with Crippen molar-refractivity contribution in [1.29, 1.82) is 0 Å². The number of para-hydroxylation sites is 1. The molecule has 0 atom stereocenters. The Morgan fingerprint density at radius 1 is 0.356 bits per heavy atom. The Bertz CT molecular complexity index is 3140. The third-order valence-corrected chi connectivity index (χ3v) is 11.8. The van der Waals surface area contributed by atoms with Gasteiger partial charge in [-0.1, -0.05) is 152 Å². The maximum absolute atomic E-state index is 4.98. The summed E-state index contributed by atoms with van der Waals surface area (Å²) in [6, 6.07) is 77.9. The van der Waals surface area contributed by atoms with Gasteiger partial charge in [0.25, 0.3) is 0 Å². The highest BCUT2D eigenvalue weighted by atomic mass is 32.1. The zero-order valence-electron chi connectivity index (χ0n) is 32.0. The van der Waals surface area contributed by atoms with Gasteiger partial charge < -0.3 is 9.47 Å². The molecule has 0 aliphatic heterocycles. The lowest BCUT2D eigenvalue weighted by Crippen LogP contribution is -2.10. The smallest absolute Gasteiger partial charge is 0.129 e. The molecular formula is C54H36N4S. The minimum Gasteiger partial charge on any atom is -0.309 e. The molecule has 0 saturated heterocycles. The van der Waals surface area contributed by atoms with Crippen molar-refractivity contribution in [1.82, 2.24) is 13.3 Å². The van der Waals surface area contributed by atoms with Gasteiger partial charge in [-0.3, -0.25) is 0 Å². The summed E-state index contributed by atoms with van der Waals surface area (Å²) in [5.74, 6) is 0. The molecule has 11 rings (SSSR count). The topological polar surface area (TPSA) is 34.0 Å². The first-order valence-electron chi connectivity index (χ1n) is 19.8. The Morgan fingerprint density at radius 2 is 0.814 bits per heavy atom. The molecule has 0 aliphatic rings. The van der Waals surface area contributed by atoms with E-state index in [1.807, 2.05) is 0 Å². The Hall–Kier alpha value is -7.60. The molecule has 9 aromatic carbocycles. The minimum atomic E-state index is 0.868. The van der Waals surface area contributed by atoms with Crippen LogP contribution in [0.1, 0.15) is 0 Å². The molecule has 0 spiro atoms. The van der Waals surface area contributed by atoms with Gasteiger partial charge in [-0.15, -0.1) is 0 Å². The Morgan fingerprint density at radius 3 is 1.39 bits per heavy atom. The number of benzene rings is 9. The van der Waals surface area contributed by atoms with E-state index in [1.165, 1.54) is 61.4 Å². The van der Waals surface area contributed by atoms with E-state index >= 15 is 0 Å². The van der Waals surface area contributed by atoms with Crippen LogP contribution in [0.2, 0.25) is 0 Å². The summed E-state index contributed by atoms with van der Waals surface area (Å²) >= 11 is 1.26. The van der Waals surface area contributed by atoms with Gasteiger partial charge in [0.2, 0.25) is 0 Å². The Balaban J connectivity index is 1.01. The molecule has 2 aromatic heterocycles. The van der Waals surface area contributed by atoms with Crippen LogP contribution in [0.5, 0.6) is 0 Å². The van der Waals surface area contributed by atoms with Crippen LogP contribution < -0.4 is 4.90 Å². The van der Waals surface area contributed by atoms with Crippen molar-refractivity contribution >= 4 is 61.6 Å². The molecule has 2 heterocycles. The maximum atomic E-state index is 4.98. The van der Waals surface area contributed by atoms with E-state index in [2.05, 4.69) is 228 Å². The van der Waals surface area contributed by atoms with Crippen molar-refractivity contribution in [2.45, 2.75) is 0 Å². The summed E-state index contributed by atoms with van der Waals surface area (Å²) in [7, 11) is 0. The minimum absolute atomic E-state index is 0.868. The lowest BCUT2D eigenvalue weighted by Gasteiger charge is -2.26. The van der Waals surface area contributed by atoms with Crippen LogP contribution >= 0.6 is 11.7 Å². The van der Waals surface area contributed by atoms with E-state index in [4.69, 9.17) is 8.75 Å². The molecule has 0 radical (unpaired) electrons. The summed E-state index contributed by atoms with van der Waals surface area (Å²) in [5.41, 5.74) is 17.6. The SMILES string of the molecule is c1ccc(-c2ccc(N(c3ccc(-c4ccccc4)cc3)c3ccc(-c4ccc5c(c4)c4ccccc4n5-c4ccc(-c5ccccc5)cc4)c4nsnc34)cc2)cc1. The molecule has 0 saturated carbocycles. The van der Waals surface area contributed by atoms with Crippen LogP contribution in [0, 0.1) is 0 Å². The molecule has 11 aromatic rings. The van der Waals surface area contributed by atoms with Crippen LogP contribution in [0.25, 0.3) is 83.0 Å². The second-order valence-electron chi connectivity index (χ2n) is 14.8. The second kappa shape index (κ2) is 14.7. The highest BCUT2D eigenvalue weighted by Crippen LogP contribution is 2.43. The standard InChI is InChI=1S/C54H36N4S/c1-4-12-37(13-5-1)40-20-27-44(28-21-40)57(45-29-22-41(23-30-45)38-14-6-2-7-15-38)52-35-33-47(53-54(52)56-59-55-53)43-26-34-51-49(36-43)48-18-10-11-19-50(48)58(51)46-31-24-42(25-32-46)39-16-8-3-9-17-39/h1-36H. The molecule has 0 aliphatic carbocycles. The van der Waals surface area contributed by atoms with Gasteiger partial charge in [0, 0.05) is 33.4 Å². The average Bonchev–Trinajstić information content (AvgIpc) is 3.94. The van der Waals surface area contributed by atoms with E-state index in [1.54, 1.807) is 0 Å². The summed E-state index contributed by atoms with van der Waals surface area (Å²) in [6.45, 7) is 0. The quantitative estimate of drug-likeness (QED) is 0.154. The first-order chi connectivity index (χ1) is 29.3. The Labute approximate surface area is 346 Å². The monoisotopic (exact) mass is 772 g/mol. The van der Waals surface area contributed by atoms with Crippen molar-refractivity contribution < 1.29 is 0 Å². The maximum Gasteiger partial charge on any atom is 0.129 e. The molecule has 0 N–H and O–H groups in total. The highest BCUT2D eigenvalue weighted by molar-refractivity contribution is 7.00. The average molecular weight is 773 g/mol. The molecule has 0 bridgehead atoms. The van der Waals surface area contributed by atoms with Gasteiger partial charge in [0.15, 0.2) is 0 Å². The molecule has 59 heavy (non-hydrogen) atoms. The zero-order valence-corrected chi connectivity index (χ0v) is 32.8. The first kappa shape index (κ1) is 34.6. The van der Waals surface area contributed by atoms with Crippen molar-refractivity contribution in [3.05, 3.63) is 218 Å². The van der Waals surface area contributed by atoms with Gasteiger partial charge in [-0.2, -0.15) is 8.75 Å². The summed E-state index contributed by atoms with van der Waals surface area (Å²) < 4.78 is 12.3. The third-order valence-electron chi connectivity index (χ3n) is 11.3. The second-order valence-corrected chi connectivity index (χ2v) is 15.3. The third kappa shape index (κ3) is 6.25. The number of hydrogen-bond acceptors (Lipinski definition) is 4. The van der Waals surface area contributed by atoms with Crippen molar-refractivity contribution in [2.24, 2.45) is 0 Å². The molecular weight excluding hydrogens is 737 g/mol. The first-order valence-corrected chi connectivity index (χ1v) is 20.6. The molecule has 278 valence electrons. The zero-order chi connectivity index (χ0) is 39.1. The molecule has 0 unspecified atom stereocenters. The van der Waals surface area contributed by atoms with E-state index in [-0.39, 0.29) is 0 Å². The van der Waals surface area contributed by atoms with E-state index in [0.29, 0.717) is 0 Å². The fourth-order valence-electron chi connectivity index (χ4n) is 8.41. The molecule has 4 nitrogen and oxygen atoms in total. The van der Waals surface area contributed by atoms with E-state index in [9.17, 15) is 0 Å². The molecule has 5 heteroatoms. The summed E-state index contributed by atoms with van der Waals surface area (Å²) in [4.78, 5) is 2.30. The number of aromatic nitrogens is 3. The molecule has 0 fully saturated rings. The number of anilines is 3. The molecule has 0 amide bonds. The summed E-state index contributed by atoms with van der Waals surface area (Å²) in [5, 5.41) is 2.41. The van der Waals surface area contributed by atoms with Gasteiger partial charge in [-0.05, 0) is 106 Å². The van der Waals surface area contributed by atoms with Crippen LogP contribution in [0.3, 0.4) is 0 Å². The highest BCUT2D eigenvalue weighted by Gasteiger charge is 2.21. The van der Waals surface area contributed by atoms with E-state index in [0.717, 1.165) is 50.4 Å². The van der Waals surface area contributed by atoms with Crippen molar-refractivity contribution in [3.63, 3.8) is 0 Å². The van der Waals surface area contributed by atoms with E-state index < -0.39 is 0 Å². The Kier molecular flexibility index (Phi) is 8.64. The summed E-state index contributed by atoms with van der Waals surface area (Å²) in [6.07, 6.45) is 0. The van der Waals surface area contributed by atoms with Gasteiger partial charge in [0.1, 0.15) is 11.0 Å². The largest absolute Gasteiger partial charge is 0.309 e. The fourth-order valence-corrected chi connectivity index (χ4v) is 8.98.